The number of hydrogen-bond donors (Lipinski definition) is 0. The van der Waals surface area contributed by atoms with Gasteiger partial charge in [-0.05, 0) is 115 Å². The fourth-order valence-electron chi connectivity index (χ4n) is 6.37. The molecule has 0 saturated carbocycles. The average molecular weight is 673 g/mol. The molecule has 5 aromatic rings. The Morgan fingerprint density at radius 2 is 1.06 bits per heavy atom. The van der Waals surface area contributed by atoms with E-state index in [1.54, 1.807) is 60.6 Å². The summed E-state index contributed by atoms with van der Waals surface area (Å²) in [5.41, 5.74) is -1.69. The molecule has 2 nitrogen and oxygen atoms in total. The van der Waals surface area contributed by atoms with Crippen LogP contribution in [-0.4, -0.2) is 6.71 Å². The lowest BCUT2D eigenvalue weighted by atomic mass is 9.34. The van der Waals surface area contributed by atoms with Gasteiger partial charge >= 0.3 is 0 Å². The van der Waals surface area contributed by atoms with E-state index in [0.717, 1.165) is 0 Å². The minimum Gasteiger partial charge on any atom is -0.458 e. The van der Waals surface area contributed by atoms with Gasteiger partial charge in [0.1, 0.15) is 11.5 Å². The van der Waals surface area contributed by atoms with Gasteiger partial charge in [0.2, 0.25) is 0 Å². The van der Waals surface area contributed by atoms with Gasteiger partial charge in [-0.25, -0.2) is 0 Å². The van der Waals surface area contributed by atoms with Gasteiger partial charge in [0.05, 0.1) is 23.5 Å². The van der Waals surface area contributed by atoms with Crippen LogP contribution >= 0.6 is 0 Å². The molecule has 2 heterocycles. The summed E-state index contributed by atoms with van der Waals surface area (Å²) in [7, 11) is 0. The highest BCUT2D eigenvalue weighted by Gasteiger charge is 2.43. The van der Waals surface area contributed by atoms with Crippen LogP contribution in [0.4, 0.5) is 17.1 Å². The predicted molar refractivity (Wildman–Crippen MR) is 217 cm³/mol. The number of anilines is 3. The Hall–Kier alpha value is -4.24. The van der Waals surface area contributed by atoms with E-state index in [0.29, 0.717) is 11.0 Å². The van der Waals surface area contributed by atoms with E-state index in [1.165, 1.54) is 4.90 Å². The molecule has 7 rings (SSSR count). The maximum Gasteiger partial charge on any atom is 0.256 e. The molecule has 256 valence electrons. The fourth-order valence-corrected chi connectivity index (χ4v) is 6.37. The molecule has 2 aliphatic heterocycles. The van der Waals surface area contributed by atoms with Crippen molar-refractivity contribution in [1.82, 2.24) is 0 Å². The van der Waals surface area contributed by atoms with Gasteiger partial charge < -0.3 is 9.64 Å². The zero-order chi connectivity index (χ0) is 47.4. The minimum atomic E-state index is -1.10. The summed E-state index contributed by atoms with van der Waals surface area (Å²) < 4.78 is 131. The molecule has 50 heavy (non-hydrogen) atoms. The highest BCUT2D eigenvalue weighted by atomic mass is 16.5. The molecule has 0 unspecified atom stereocenters. The maximum atomic E-state index is 10.1. The second-order valence-electron chi connectivity index (χ2n) is 17.8. The molecule has 0 spiro atoms. The summed E-state index contributed by atoms with van der Waals surface area (Å²) in [6, 6.07) is -0.331. The summed E-state index contributed by atoms with van der Waals surface area (Å²) in [5, 5.41) is 0. The third-order valence-electron chi connectivity index (χ3n) is 9.32. The van der Waals surface area contributed by atoms with E-state index in [1.807, 2.05) is 41.5 Å². The van der Waals surface area contributed by atoms with Gasteiger partial charge in [-0.3, -0.25) is 0 Å². The van der Waals surface area contributed by atoms with Crippen molar-refractivity contribution in [2.24, 2.45) is 0 Å². The Kier molecular flexibility index (Phi) is 4.98. The van der Waals surface area contributed by atoms with Crippen LogP contribution in [0.1, 0.15) is 129 Å². The number of nitrogens with zero attached hydrogens (tertiary/aromatic N) is 1. The number of rotatable bonds is 2. The maximum absolute atomic E-state index is 10.1. The first-order chi connectivity index (χ1) is 28.7. The predicted octanol–water partition coefficient (Wildman–Crippen LogP) is 11.3. The van der Waals surface area contributed by atoms with E-state index in [-0.39, 0.29) is 133 Å². The zero-order valence-corrected chi connectivity index (χ0v) is 31.6. The normalized spacial score (nSPS) is 17.8. The number of ether oxygens (including phenoxy) is 1. The van der Waals surface area contributed by atoms with E-state index in [9.17, 15) is 16.4 Å². The van der Waals surface area contributed by atoms with Crippen LogP contribution in [0.5, 0.6) is 11.5 Å². The largest absolute Gasteiger partial charge is 0.458 e. The van der Waals surface area contributed by atoms with Gasteiger partial charge in [0.25, 0.3) is 6.71 Å². The van der Waals surface area contributed by atoms with E-state index < -0.39 is 46.5 Å². The van der Waals surface area contributed by atoms with E-state index >= 15 is 0 Å². The van der Waals surface area contributed by atoms with Crippen molar-refractivity contribution in [3.8, 4) is 22.6 Å². The molecule has 0 aromatic heterocycles. The lowest BCUT2D eigenvalue weighted by Crippen LogP contribution is -2.59. The van der Waals surface area contributed by atoms with Crippen molar-refractivity contribution in [3.63, 3.8) is 0 Å². The summed E-state index contributed by atoms with van der Waals surface area (Å²) in [4.78, 5) is 1.51. The van der Waals surface area contributed by atoms with Crippen LogP contribution in [0.3, 0.4) is 0 Å². The van der Waals surface area contributed by atoms with Gasteiger partial charge in [-0.2, -0.15) is 0 Å². The van der Waals surface area contributed by atoms with Crippen LogP contribution < -0.4 is 26.0 Å². The lowest BCUT2D eigenvalue weighted by molar-refractivity contribution is 0.486. The average Bonchev–Trinajstić information content (AvgIpc) is 3.12. The van der Waals surface area contributed by atoms with Crippen LogP contribution in [0, 0.1) is 6.92 Å². The van der Waals surface area contributed by atoms with Crippen LogP contribution in [-0.2, 0) is 21.7 Å². The molecule has 0 fully saturated rings. The van der Waals surface area contributed by atoms with Crippen molar-refractivity contribution >= 4 is 40.2 Å². The first-order valence-corrected chi connectivity index (χ1v) is 17.3. The second-order valence-corrected chi connectivity index (χ2v) is 17.8. The summed E-state index contributed by atoms with van der Waals surface area (Å²) >= 11 is 0. The van der Waals surface area contributed by atoms with Gasteiger partial charge in [0, 0.05) is 16.9 Å². The lowest BCUT2D eigenvalue weighted by Gasteiger charge is -2.42. The number of aryl methyl sites for hydroxylation is 1. The molecule has 0 amide bonds. The van der Waals surface area contributed by atoms with Gasteiger partial charge in [-0.15, -0.1) is 0 Å². The first kappa shape index (κ1) is 21.9. The Morgan fingerprint density at radius 1 is 0.520 bits per heavy atom. The third kappa shape index (κ3) is 5.87. The number of hydrogen-bond acceptors (Lipinski definition) is 2. The molecular weight excluding hydrogens is 605 g/mol. The summed E-state index contributed by atoms with van der Waals surface area (Å²) in [6.07, 6.45) is 0. The third-order valence-corrected chi connectivity index (χ3v) is 9.32. The first-order valence-electron chi connectivity index (χ1n) is 23.8. The van der Waals surface area contributed by atoms with Crippen molar-refractivity contribution in [2.45, 2.75) is 112 Å². The van der Waals surface area contributed by atoms with Crippen molar-refractivity contribution in [1.29, 1.82) is 0 Å². The number of fused-ring (bicyclic) bond motifs is 4. The van der Waals surface area contributed by atoms with Crippen molar-refractivity contribution < 1.29 is 22.6 Å². The van der Waals surface area contributed by atoms with Crippen molar-refractivity contribution in [3.05, 3.63) is 119 Å². The second kappa shape index (κ2) is 11.4. The topological polar surface area (TPSA) is 12.5 Å². The standard InChI is InChI=1S/C47H54BNO/c1-29-24-40-43-42(25-29)50-41-23-20-33(46(8,9)10)27-37(41)48(43)36-21-18-34(47(11,12)13)28-39(36)49(40)38-22-19-32(45(5,6)7)26-35(38)30-14-16-31(17-15-30)44(2,3)4/h14-28H,1-13H3/i14D,15D,16D,17D,18D,19D,20D,21D,22D,23D,26D,27D,28D. The molecule has 0 saturated heterocycles. The molecule has 0 aliphatic carbocycles. The quantitative estimate of drug-likeness (QED) is 0.170. The van der Waals surface area contributed by atoms with Crippen LogP contribution in [0.2, 0.25) is 0 Å². The SMILES string of the molecule is [2H]c1c([2H])c(C(C)(C)C)c([2H])c2c1Oc1cc(C)cc3c1B2c1c([2H])c([2H])c(C(C)(C)C)c([2H])c1N3c1c([2H])c([2H])c(C(C)(C)C)c([2H])c1-c1c([2H])c([2H])c(C(C)(C)C)c([2H])c1[2H]. The summed E-state index contributed by atoms with van der Waals surface area (Å²) in [6.45, 7) is 22.4. The smallest absolute Gasteiger partial charge is 0.256 e. The van der Waals surface area contributed by atoms with E-state index in [2.05, 4.69) is 0 Å². The van der Waals surface area contributed by atoms with Gasteiger partial charge in [0.15, 0.2) is 0 Å². The Morgan fingerprint density at radius 3 is 1.68 bits per heavy atom. The van der Waals surface area contributed by atoms with Crippen LogP contribution in [0.15, 0.2) is 90.7 Å². The molecule has 2 aliphatic rings. The Balaban J connectivity index is 1.80. The highest BCUT2D eigenvalue weighted by Crippen LogP contribution is 2.47. The minimum absolute atomic E-state index is 0.0136. The highest BCUT2D eigenvalue weighted by molar-refractivity contribution is 6.99. The fraction of sp³-hybridized carbons (Fsp3) is 0.362. The summed E-state index contributed by atoms with van der Waals surface area (Å²) in [5.74, 6) is 0.159. The monoisotopic (exact) mass is 673 g/mol. The molecule has 0 radical (unpaired) electrons. The van der Waals surface area contributed by atoms with Gasteiger partial charge in [-0.1, -0.05) is 137 Å². The van der Waals surface area contributed by atoms with E-state index in [4.69, 9.17) is 6.11 Å². The Bertz CT molecular complexity index is 2830. The molecule has 5 aromatic carbocycles. The van der Waals surface area contributed by atoms with Crippen LogP contribution in [0.25, 0.3) is 11.1 Å². The molecule has 0 bridgehead atoms. The zero-order valence-electron chi connectivity index (χ0n) is 44.6. The molecule has 0 N–H and O–H groups in total. The Labute approximate surface area is 320 Å². The molecule has 3 heteroatoms. The number of benzene rings is 5. The molecular formula is C47H54BNO. The van der Waals surface area contributed by atoms with Crippen molar-refractivity contribution in [2.75, 3.05) is 4.90 Å². The molecule has 0 atom stereocenters.